The van der Waals surface area contributed by atoms with E-state index in [1.54, 1.807) is 12.1 Å². The Balaban J connectivity index is 2.96. The van der Waals surface area contributed by atoms with Gasteiger partial charge in [-0.2, -0.15) is 0 Å². The smallest absolute Gasteiger partial charge is 0.195 e. The third kappa shape index (κ3) is 1.84. The van der Waals surface area contributed by atoms with Crippen LogP contribution in [0, 0.1) is 6.57 Å². The standard InChI is InChI=1S/C9H7NO/c1-10-7-9(11)8-5-3-2-4-6-8/h2-7,11H/b9-7+. The van der Waals surface area contributed by atoms with Crippen molar-refractivity contribution < 1.29 is 5.11 Å². The lowest BCUT2D eigenvalue weighted by atomic mass is 10.2. The van der Waals surface area contributed by atoms with Crippen LogP contribution in [0.25, 0.3) is 10.6 Å². The van der Waals surface area contributed by atoms with E-state index in [-0.39, 0.29) is 5.76 Å². The molecule has 11 heavy (non-hydrogen) atoms. The molecule has 0 fully saturated rings. The maximum atomic E-state index is 9.17. The molecule has 0 atom stereocenters. The summed E-state index contributed by atoms with van der Waals surface area (Å²) in [5, 5.41) is 9.17. The Morgan fingerprint density at radius 2 is 2.00 bits per heavy atom. The Kier molecular flexibility index (Phi) is 2.29. The van der Waals surface area contributed by atoms with Crippen LogP contribution in [0.15, 0.2) is 36.5 Å². The normalized spacial score (nSPS) is 10.6. The van der Waals surface area contributed by atoms with Crippen LogP contribution in [-0.4, -0.2) is 5.11 Å². The van der Waals surface area contributed by atoms with Crippen LogP contribution in [-0.2, 0) is 0 Å². The molecule has 0 aliphatic carbocycles. The number of nitrogens with zero attached hydrogens (tertiary/aromatic N) is 1. The highest BCUT2D eigenvalue weighted by Crippen LogP contribution is 2.09. The molecule has 0 saturated carbocycles. The van der Waals surface area contributed by atoms with Crippen LogP contribution in [0.5, 0.6) is 0 Å². The lowest BCUT2D eigenvalue weighted by Crippen LogP contribution is -1.78. The first-order valence-corrected chi connectivity index (χ1v) is 3.15. The summed E-state index contributed by atoms with van der Waals surface area (Å²) < 4.78 is 0. The van der Waals surface area contributed by atoms with Crippen molar-refractivity contribution >= 4 is 5.76 Å². The monoisotopic (exact) mass is 145 g/mol. The Bertz CT molecular complexity index is 295. The van der Waals surface area contributed by atoms with E-state index in [4.69, 9.17) is 11.7 Å². The third-order valence-corrected chi connectivity index (χ3v) is 1.26. The second-order valence-electron chi connectivity index (χ2n) is 2.01. The fourth-order valence-corrected chi connectivity index (χ4v) is 0.745. The molecular weight excluding hydrogens is 138 g/mol. The quantitative estimate of drug-likeness (QED) is 0.476. The summed E-state index contributed by atoms with van der Waals surface area (Å²) in [6, 6.07) is 8.97. The zero-order chi connectivity index (χ0) is 8.10. The zero-order valence-corrected chi connectivity index (χ0v) is 5.86. The van der Waals surface area contributed by atoms with Gasteiger partial charge in [0.05, 0.1) is 6.57 Å². The fourth-order valence-electron chi connectivity index (χ4n) is 0.745. The van der Waals surface area contributed by atoms with E-state index in [9.17, 15) is 0 Å². The van der Waals surface area contributed by atoms with Crippen molar-refractivity contribution in [3.8, 4) is 0 Å². The first kappa shape index (κ1) is 7.36. The van der Waals surface area contributed by atoms with Gasteiger partial charge in [-0.1, -0.05) is 30.3 Å². The maximum Gasteiger partial charge on any atom is 0.195 e. The second kappa shape index (κ2) is 3.43. The van der Waals surface area contributed by atoms with Gasteiger partial charge in [-0.15, -0.1) is 0 Å². The van der Waals surface area contributed by atoms with Crippen LogP contribution < -0.4 is 0 Å². The average Bonchev–Trinajstić information content (AvgIpc) is 2.07. The molecule has 1 N–H and O–H groups in total. The lowest BCUT2D eigenvalue weighted by Gasteiger charge is -1.95. The van der Waals surface area contributed by atoms with Gasteiger partial charge in [0.1, 0.15) is 5.76 Å². The molecule has 2 nitrogen and oxygen atoms in total. The molecule has 1 aromatic carbocycles. The number of hydrogen-bond acceptors (Lipinski definition) is 1. The van der Waals surface area contributed by atoms with E-state index < -0.39 is 0 Å². The molecule has 1 aromatic rings. The van der Waals surface area contributed by atoms with E-state index in [1.165, 1.54) is 0 Å². The maximum absolute atomic E-state index is 9.17. The van der Waals surface area contributed by atoms with Gasteiger partial charge in [-0.3, -0.25) is 0 Å². The summed E-state index contributed by atoms with van der Waals surface area (Å²) in [5.74, 6) is 0.0144. The van der Waals surface area contributed by atoms with Gasteiger partial charge < -0.3 is 5.11 Å². The molecule has 0 saturated heterocycles. The molecule has 0 aliphatic rings. The van der Waals surface area contributed by atoms with E-state index in [0.717, 1.165) is 6.20 Å². The van der Waals surface area contributed by atoms with Crippen molar-refractivity contribution in [2.24, 2.45) is 0 Å². The molecule has 54 valence electrons. The number of rotatable bonds is 1. The van der Waals surface area contributed by atoms with Crippen molar-refractivity contribution in [3.63, 3.8) is 0 Å². The highest BCUT2D eigenvalue weighted by atomic mass is 16.3. The van der Waals surface area contributed by atoms with Gasteiger partial charge in [0.2, 0.25) is 0 Å². The minimum Gasteiger partial charge on any atom is -0.519 e. The van der Waals surface area contributed by atoms with Gasteiger partial charge in [0.15, 0.2) is 6.20 Å². The number of aliphatic hydroxyl groups is 1. The molecule has 0 amide bonds. The van der Waals surface area contributed by atoms with E-state index in [0.29, 0.717) is 5.56 Å². The van der Waals surface area contributed by atoms with Crippen molar-refractivity contribution in [1.82, 2.24) is 0 Å². The summed E-state index contributed by atoms with van der Waals surface area (Å²) in [7, 11) is 0. The summed E-state index contributed by atoms with van der Waals surface area (Å²) in [4.78, 5) is 2.95. The molecule has 0 unspecified atom stereocenters. The highest BCUT2D eigenvalue weighted by molar-refractivity contribution is 5.58. The topological polar surface area (TPSA) is 24.6 Å². The Hall–Kier alpha value is -1.75. The minimum atomic E-state index is 0.0144. The molecule has 2 heteroatoms. The Labute approximate surface area is 65.2 Å². The molecule has 0 aliphatic heterocycles. The molecule has 0 aromatic heterocycles. The first-order valence-electron chi connectivity index (χ1n) is 3.15. The van der Waals surface area contributed by atoms with E-state index >= 15 is 0 Å². The van der Waals surface area contributed by atoms with Crippen molar-refractivity contribution in [2.75, 3.05) is 0 Å². The lowest BCUT2D eigenvalue weighted by molar-refractivity contribution is 0.512. The number of benzene rings is 1. The molecule has 0 spiro atoms. The van der Waals surface area contributed by atoms with Crippen LogP contribution in [0.4, 0.5) is 0 Å². The minimum absolute atomic E-state index is 0.0144. The number of hydrogen-bond donors (Lipinski definition) is 1. The summed E-state index contributed by atoms with van der Waals surface area (Å²) in [5.41, 5.74) is 0.670. The SMILES string of the molecule is [C-]#[N+]/C=C(/O)c1ccccc1. The second-order valence-corrected chi connectivity index (χ2v) is 2.01. The molecular formula is C9H7NO. The van der Waals surface area contributed by atoms with Crippen LogP contribution >= 0.6 is 0 Å². The van der Waals surface area contributed by atoms with Gasteiger partial charge in [-0.05, 0) is 0 Å². The van der Waals surface area contributed by atoms with Gasteiger partial charge >= 0.3 is 0 Å². The summed E-state index contributed by atoms with van der Waals surface area (Å²) in [6.07, 6.45) is 1.09. The largest absolute Gasteiger partial charge is 0.519 e. The average molecular weight is 145 g/mol. The van der Waals surface area contributed by atoms with Gasteiger partial charge in [0, 0.05) is 5.56 Å². The number of aliphatic hydroxyl groups excluding tert-OH is 1. The molecule has 0 bridgehead atoms. The van der Waals surface area contributed by atoms with Crippen LogP contribution in [0.1, 0.15) is 5.56 Å². The first-order chi connectivity index (χ1) is 5.34. The molecule has 0 heterocycles. The van der Waals surface area contributed by atoms with Crippen molar-refractivity contribution in [2.45, 2.75) is 0 Å². The Morgan fingerprint density at radius 1 is 1.36 bits per heavy atom. The van der Waals surface area contributed by atoms with Gasteiger partial charge in [-0.25, -0.2) is 4.85 Å². The summed E-state index contributed by atoms with van der Waals surface area (Å²) in [6.45, 7) is 6.47. The predicted molar refractivity (Wildman–Crippen MR) is 43.6 cm³/mol. The Morgan fingerprint density at radius 3 is 2.55 bits per heavy atom. The highest BCUT2D eigenvalue weighted by Gasteiger charge is 1.93. The van der Waals surface area contributed by atoms with Crippen LogP contribution in [0.3, 0.4) is 0 Å². The molecule has 0 radical (unpaired) electrons. The van der Waals surface area contributed by atoms with Crippen molar-refractivity contribution in [1.29, 1.82) is 0 Å². The van der Waals surface area contributed by atoms with Crippen LogP contribution in [0.2, 0.25) is 0 Å². The van der Waals surface area contributed by atoms with E-state index in [1.807, 2.05) is 18.2 Å². The van der Waals surface area contributed by atoms with Gasteiger partial charge in [0.25, 0.3) is 0 Å². The van der Waals surface area contributed by atoms with E-state index in [2.05, 4.69) is 4.85 Å². The van der Waals surface area contributed by atoms with Crippen molar-refractivity contribution in [3.05, 3.63) is 53.5 Å². The molecule has 1 rings (SSSR count). The summed E-state index contributed by atoms with van der Waals surface area (Å²) >= 11 is 0. The fraction of sp³-hybridized carbons (Fsp3) is 0. The predicted octanol–water partition coefficient (Wildman–Crippen LogP) is 2.46. The third-order valence-electron chi connectivity index (χ3n) is 1.26. The zero-order valence-electron chi connectivity index (χ0n) is 5.86.